The van der Waals surface area contributed by atoms with Crippen molar-refractivity contribution in [2.75, 3.05) is 0 Å². The highest BCUT2D eigenvalue weighted by molar-refractivity contribution is 7.90. The number of alkyl halides is 3. The Morgan fingerprint density at radius 3 is 2.37 bits per heavy atom. The fraction of sp³-hybridized carbons (Fsp3) is 0.480. The second kappa shape index (κ2) is 8.95. The quantitative estimate of drug-likeness (QED) is 0.503. The number of carbonyl (C=O) groups excluding carboxylic acids is 1. The Labute approximate surface area is 217 Å². The lowest BCUT2D eigenvalue weighted by Gasteiger charge is -2.37. The van der Waals surface area contributed by atoms with Crippen LogP contribution in [0.3, 0.4) is 0 Å². The SMILES string of the molecule is [2H]C1([2H])C2C(NS(=O)(=O)C3CC3)C(Cc3cccc(-c4cc(F)cc(F)c4)c3F)N(C(=O)[C@](C)(O)C(F)(F)F)C21. The van der Waals surface area contributed by atoms with Crippen LogP contribution in [0, 0.1) is 23.4 Å². The van der Waals surface area contributed by atoms with Crippen LogP contribution in [0.1, 0.15) is 34.4 Å². The first-order valence-corrected chi connectivity index (χ1v) is 13.3. The van der Waals surface area contributed by atoms with Gasteiger partial charge in [0.15, 0.2) is 0 Å². The van der Waals surface area contributed by atoms with Gasteiger partial charge in [0, 0.05) is 26.5 Å². The molecule has 4 unspecified atom stereocenters. The topological polar surface area (TPSA) is 86.7 Å². The van der Waals surface area contributed by atoms with Gasteiger partial charge >= 0.3 is 6.18 Å². The van der Waals surface area contributed by atoms with E-state index in [0.29, 0.717) is 23.8 Å². The number of rotatable bonds is 7. The zero-order chi connectivity index (χ0) is 29.6. The van der Waals surface area contributed by atoms with Gasteiger partial charge in [-0.3, -0.25) is 4.79 Å². The van der Waals surface area contributed by atoms with Crippen molar-refractivity contribution in [3.8, 4) is 11.1 Å². The first kappa shape index (κ1) is 24.4. The molecule has 2 N–H and O–H groups in total. The molecule has 0 radical (unpaired) electrons. The van der Waals surface area contributed by atoms with Crippen LogP contribution >= 0.6 is 0 Å². The van der Waals surface area contributed by atoms with Gasteiger partial charge < -0.3 is 10.0 Å². The second-order valence-corrected chi connectivity index (χ2v) is 12.0. The van der Waals surface area contributed by atoms with Crippen LogP contribution < -0.4 is 4.72 Å². The predicted octanol–water partition coefficient (Wildman–Crippen LogP) is 3.68. The number of fused-ring (bicyclic) bond motifs is 1. The molecule has 5 atom stereocenters. The van der Waals surface area contributed by atoms with Gasteiger partial charge in [0.2, 0.25) is 15.6 Å². The molecule has 2 aliphatic carbocycles. The summed E-state index contributed by atoms with van der Waals surface area (Å²) in [6, 6.07) is 1.57. The molecule has 3 fully saturated rings. The Balaban J connectivity index is 1.58. The maximum atomic E-state index is 15.7. The van der Waals surface area contributed by atoms with Crippen molar-refractivity contribution in [1.29, 1.82) is 0 Å². The van der Waals surface area contributed by atoms with E-state index in [1.807, 2.05) is 0 Å². The Hall–Kier alpha value is -2.64. The van der Waals surface area contributed by atoms with Gasteiger partial charge in [0.05, 0.1) is 11.3 Å². The zero-order valence-electron chi connectivity index (χ0n) is 21.8. The molecule has 6 nitrogen and oxygen atoms in total. The summed E-state index contributed by atoms with van der Waals surface area (Å²) in [4.78, 5) is 13.7. The van der Waals surface area contributed by atoms with Gasteiger partial charge in [-0.25, -0.2) is 26.3 Å². The molecule has 38 heavy (non-hydrogen) atoms. The number of likely N-dealkylation sites (tertiary alicyclic amines) is 1. The molecule has 2 aromatic rings. The van der Waals surface area contributed by atoms with Crippen LogP contribution in [0.25, 0.3) is 11.1 Å². The van der Waals surface area contributed by atoms with E-state index in [1.165, 1.54) is 18.2 Å². The van der Waals surface area contributed by atoms with Crippen LogP contribution in [0.15, 0.2) is 36.4 Å². The van der Waals surface area contributed by atoms with Crippen LogP contribution in [-0.4, -0.2) is 59.5 Å². The number of nitrogens with zero attached hydrogens (tertiary/aromatic N) is 1. The van der Waals surface area contributed by atoms with E-state index in [9.17, 15) is 40.3 Å². The maximum absolute atomic E-state index is 15.7. The number of benzene rings is 2. The lowest BCUT2D eigenvalue weighted by Crippen LogP contribution is -2.60. The van der Waals surface area contributed by atoms with Gasteiger partial charge in [-0.15, -0.1) is 0 Å². The molecule has 2 aromatic carbocycles. The molecule has 206 valence electrons. The highest BCUT2D eigenvalue weighted by Crippen LogP contribution is 2.51. The van der Waals surface area contributed by atoms with Gasteiger partial charge in [0.25, 0.3) is 5.91 Å². The van der Waals surface area contributed by atoms with E-state index in [0.717, 1.165) is 12.1 Å². The standard InChI is InChI=1S/C25H24F6N2O4S/c1-24(35,25(29,30)31)23(34)33-19-11-18(19)22(32-38(36,37)16-5-6-16)20(33)9-12-3-2-4-17(21(12)28)13-7-14(26)10-15(27)8-13/h2-4,7-8,10,16,18-20,22,32,35H,5-6,9,11H2,1H3/t18?,19?,20?,22?,24-/m0/s1/i11D2. The fourth-order valence-electron chi connectivity index (χ4n) is 4.90. The molecule has 1 saturated heterocycles. The number of sulfonamides is 1. The number of aliphatic hydroxyl groups is 1. The lowest BCUT2D eigenvalue weighted by atomic mass is 9.93. The minimum Gasteiger partial charge on any atom is -0.373 e. The number of halogens is 6. The Morgan fingerprint density at radius 2 is 1.79 bits per heavy atom. The minimum absolute atomic E-state index is 0.179. The molecule has 0 spiro atoms. The molecular formula is C25H24F6N2O4S. The van der Waals surface area contributed by atoms with Gasteiger partial charge in [-0.05, 0) is 61.7 Å². The number of hydrogen-bond acceptors (Lipinski definition) is 4. The lowest BCUT2D eigenvalue weighted by molar-refractivity contribution is -0.251. The first-order chi connectivity index (χ1) is 18.4. The summed E-state index contributed by atoms with van der Waals surface area (Å²) in [6.07, 6.45) is -7.69. The molecule has 0 bridgehead atoms. The van der Waals surface area contributed by atoms with Crippen LogP contribution in [0.4, 0.5) is 26.3 Å². The van der Waals surface area contributed by atoms with E-state index in [1.54, 1.807) is 0 Å². The third-order valence-electron chi connectivity index (χ3n) is 7.20. The van der Waals surface area contributed by atoms with Gasteiger partial charge in [-0.1, -0.05) is 18.2 Å². The number of carbonyl (C=O) groups is 1. The summed E-state index contributed by atoms with van der Waals surface area (Å²) in [6.45, 7) is 0.209. The largest absolute Gasteiger partial charge is 0.426 e. The molecule has 1 heterocycles. The maximum Gasteiger partial charge on any atom is 0.426 e. The minimum atomic E-state index is -5.45. The van der Waals surface area contributed by atoms with Gasteiger partial charge in [0.1, 0.15) is 17.5 Å². The summed E-state index contributed by atoms with van der Waals surface area (Å²) in [5.41, 5.74) is -4.61. The highest BCUT2D eigenvalue weighted by Gasteiger charge is 2.66. The van der Waals surface area contributed by atoms with Crippen molar-refractivity contribution < 1.29 is 47.4 Å². The van der Waals surface area contributed by atoms with E-state index >= 15 is 4.39 Å². The molecule has 0 aromatic heterocycles. The van der Waals surface area contributed by atoms with E-state index in [4.69, 9.17) is 2.74 Å². The van der Waals surface area contributed by atoms with Gasteiger partial charge in [-0.2, -0.15) is 13.2 Å². The molecule has 3 aliphatic rings. The molecule has 5 rings (SSSR count). The van der Waals surface area contributed by atoms with Crippen molar-refractivity contribution in [3.63, 3.8) is 0 Å². The van der Waals surface area contributed by atoms with Crippen molar-refractivity contribution >= 4 is 15.9 Å². The first-order valence-electron chi connectivity index (χ1n) is 12.7. The van der Waals surface area contributed by atoms with Crippen LogP contribution in [0.2, 0.25) is 0 Å². The highest BCUT2D eigenvalue weighted by atomic mass is 32.2. The van der Waals surface area contributed by atoms with Crippen LogP contribution in [-0.2, 0) is 21.2 Å². The molecule has 1 amide bonds. The smallest absolute Gasteiger partial charge is 0.373 e. The van der Waals surface area contributed by atoms with E-state index in [2.05, 4.69) is 4.72 Å². The summed E-state index contributed by atoms with van der Waals surface area (Å²) in [5, 5.41) is 9.37. The normalized spacial score (nSPS) is 28.8. The summed E-state index contributed by atoms with van der Waals surface area (Å²) < 4.78 is 129. The fourth-order valence-corrected chi connectivity index (χ4v) is 6.53. The average Bonchev–Trinajstić information content (AvgIpc) is 3.72. The third-order valence-corrected chi connectivity index (χ3v) is 9.15. The molecular weight excluding hydrogens is 538 g/mol. The molecule has 13 heteroatoms. The Morgan fingerprint density at radius 1 is 1.16 bits per heavy atom. The number of hydrogen-bond donors (Lipinski definition) is 2. The summed E-state index contributed by atoms with van der Waals surface area (Å²) >= 11 is 0. The van der Waals surface area contributed by atoms with Crippen molar-refractivity contribution in [3.05, 3.63) is 59.4 Å². The molecule has 2 saturated carbocycles. The number of amides is 1. The predicted molar refractivity (Wildman–Crippen MR) is 124 cm³/mol. The zero-order valence-corrected chi connectivity index (χ0v) is 20.6. The molecule has 1 aliphatic heterocycles. The number of nitrogens with one attached hydrogen (secondary N) is 1. The Kier molecular flexibility index (Phi) is 5.75. The second-order valence-electron chi connectivity index (χ2n) is 10.0. The van der Waals surface area contributed by atoms with Crippen molar-refractivity contribution in [2.24, 2.45) is 5.92 Å². The Bertz CT molecular complexity index is 1460. The summed E-state index contributed by atoms with van der Waals surface area (Å²) in [5.74, 6) is -6.16. The van der Waals surface area contributed by atoms with E-state index in [-0.39, 0.29) is 23.6 Å². The van der Waals surface area contributed by atoms with E-state index < -0.39 is 87.2 Å². The summed E-state index contributed by atoms with van der Waals surface area (Å²) in [7, 11) is -4.05. The van der Waals surface area contributed by atoms with Crippen molar-refractivity contribution in [1.82, 2.24) is 9.62 Å². The van der Waals surface area contributed by atoms with Crippen molar-refractivity contribution in [2.45, 2.75) is 67.7 Å². The third kappa shape index (κ3) is 4.68. The monoisotopic (exact) mass is 564 g/mol. The average molecular weight is 565 g/mol. The number of piperidine rings is 1. The van der Waals surface area contributed by atoms with Crippen LogP contribution in [0.5, 0.6) is 0 Å².